The van der Waals surface area contributed by atoms with Gasteiger partial charge in [0, 0.05) is 12.6 Å². The Kier molecular flexibility index (Phi) is 5.33. The standard InChI is InChI=1S/C12H13Cl2N5OS/c1-2-3-16-10-6(13)4-7(14)11(19-10)21-12-17-8(15)5-9(20)18-12/h4-5H,2-3H2,1H3,(H,16,19)(H3,15,17,18,20). The van der Waals surface area contributed by atoms with Gasteiger partial charge in [-0.05, 0) is 24.2 Å². The Balaban J connectivity index is 2.32. The minimum atomic E-state index is -0.334. The van der Waals surface area contributed by atoms with E-state index >= 15 is 0 Å². The van der Waals surface area contributed by atoms with Gasteiger partial charge in [0.15, 0.2) is 5.16 Å². The number of aromatic nitrogens is 3. The summed E-state index contributed by atoms with van der Waals surface area (Å²) in [6, 6.07) is 2.80. The van der Waals surface area contributed by atoms with Crippen LogP contribution in [0.2, 0.25) is 10.0 Å². The molecule has 0 unspecified atom stereocenters. The van der Waals surface area contributed by atoms with Crippen LogP contribution in [0.3, 0.4) is 0 Å². The van der Waals surface area contributed by atoms with Crippen LogP contribution < -0.4 is 16.6 Å². The molecule has 0 aromatic carbocycles. The van der Waals surface area contributed by atoms with E-state index in [1.54, 1.807) is 6.07 Å². The Bertz CT molecular complexity index is 707. The number of nitrogens with two attached hydrogens (primary N) is 1. The van der Waals surface area contributed by atoms with E-state index in [4.69, 9.17) is 28.9 Å². The zero-order chi connectivity index (χ0) is 15.4. The summed E-state index contributed by atoms with van der Waals surface area (Å²) in [6.07, 6.45) is 0.938. The third-order valence-electron chi connectivity index (χ3n) is 2.37. The van der Waals surface area contributed by atoms with Crippen LogP contribution in [0, 0.1) is 0 Å². The maximum absolute atomic E-state index is 11.4. The Morgan fingerprint density at radius 1 is 1.33 bits per heavy atom. The highest BCUT2D eigenvalue weighted by atomic mass is 35.5. The Morgan fingerprint density at radius 2 is 2.10 bits per heavy atom. The lowest BCUT2D eigenvalue weighted by atomic mass is 10.4. The molecule has 0 amide bonds. The minimum Gasteiger partial charge on any atom is -0.383 e. The zero-order valence-electron chi connectivity index (χ0n) is 11.1. The summed E-state index contributed by atoms with van der Waals surface area (Å²) < 4.78 is 0. The average molecular weight is 346 g/mol. The Morgan fingerprint density at radius 3 is 2.76 bits per heavy atom. The van der Waals surface area contributed by atoms with Crippen LogP contribution >= 0.6 is 35.0 Å². The van der Waals surface area contributed by atoms with E-state index in [1.807, 2.05) is 6.92 Å². The minimum absolute atomic E-state index is 0.135. The lowest BCUT2D eigenvalue weighted by Gasteiger charge is -2.09. The second-order valence-corrected chi connectivity index (χ2v) is 5.90. The van der Waals surface area contributed by atoms with Gasteiger partial charge < -0.3 is 16.0 Å². The second-order valence-electron chi connectivity index (χ2n) is 4.11. The third-order valence-corrected chi connectivity index (χ3v) is 3.95. The molecule has 0 radical (unpaired) electrons. The smallest absolute Gasteiger partial charge is 0.253 e. The molecule has 0 aliphatic carbocycles. The summed E-state index contributed by atoms with van der Waals surface area (Å²) in [5.74, 6) is 0.673. The predicted molar refractivity (Wildman–Crippen MR) is 86.4 cm³/mol. The van der Waals surface area contributed by atoms with Crippen molar-refractivity contribution >= 4 is 46.6 Å². The number of nitrogens with one attached hydrogen (secondary N) is 2. The molecule has 112 valence electrons. The van der Waals surface area contributed by atoms with E-state index in [2.05, 4.69) is 20.3 Å². The molecule has 0 aliphatic rings. The molecular formula is C12H13Cl2N5OS. The predicted octanol–water partition coefficient (Wildman–Crippen LogP) is 3.03. The number of hydrogen-bond donors (Lipinski definition) is 3. The summed E-state index contributed by atoms with van der Waals surface area (Å²) in [6.45, 7) is 2.78. The van der Waals surface area contributed by atoms with Gasteiger partial charge in [-0.25, -0.2) is 9.97 Å². The van der Waals surface area contributed by atoms with Crippen molar-refractivity contribution in [1.82, 2.24) is 15.0 Å². The molecule has 0 spiro atoms. The number of halogens is 2. The first-order valence-electron chi connectivity index (χ1n) is 6.14. The van der Waals surface area contributed by atoms with E-state index in [0.29, 0.717) is 26.0 Å². The number of pyridine rings is 1. The summed E-state index contributed by atoms with van der Waals surface area (Å²) >= 11 is 13.3. The van der Waals surface area contributed by atoms with Crippen LogP contribution in [0.25, 0.3) is 0 Å². The lowest BCUT2D eigenvalue weighted by molar-refractivity contribution is 0.936. The molecule has 2 rings (SSSR count). The molecule has 0 atom stereocenters. The molecule has 0 aliphatic heterocycles. The van der Waals surface area contributed by atoms with Crippen LogP contribution in [0.4, 0.5) is 11.6 Å². The molecule has 0 saturated heterocycles. The fraction of sp³-hybridized carbons (Fsp3) is 0.250. The van der Waals surface area contributed by atoms with Crippen molar-refractivity contribution in [2.24, 2.45) is 0 Å². The van der Waals surface area contributed by atoms with Crippen LogP contribution in [-0.2, 0) is 0 Å². The molecule has 2 aromatic rings. The monoisotopic (exact) mass is 345 g/mol. The van der Waals surface area contributed by atoms with Gasteiger partial charge in [0.1, 0.15) is 16.7 Å². The van der Waals surface area contributed by atoms with Crippen molar-refractivity contribution < 1.29 is 0 Å². The third kappa shape index (κ3) is 4.26. The van der Waals surface area contributed by atoms with E-state index in [-0.39, 0.29) is 11.4 Å². The summed E-state index contributed by atoms with van der Waals surface area (Å²) in [5.41, 5.74) is 5.21. The Labute approximate surface area is 135 Å². The van der Waals surface area contributed by atoms with Crippen LogP contribution in [0.15, 0.2) is 27.1 Å². The fourth-order valence-corrected chi connectivity index (χ4v) is 2.80. The van der Waals surface area contributed by atoms with Crippen molar-refractivity contribution in [2.75, 3.05) is 17.6 Å². The van der Waals surface area contributed by atoms with Crippen molar-refractivity contribution in [1.29, 1.82) is 0 Å². The fourth-order valence-electron chi connectivity index (χ4n) is 1.48. The topological polar surface area (TPSA) is 96.7 Å². The summed E-state index contributed by atoms with van der Waals surface area (Å²) in [4.78, 5) is 22.3. The molecule has 21 heavy (non-hydrogen) atoms. The molecule has 0 bridgehead atoms. The molecule has 4 N–H and O–H groups in total. The van der Waals surface area contributed by atoms with Gasteiger partial charge >= 0.3 is 0 Å². The molecule has 0 saturated carbocycles. The molecule has 9 heteroatoms. The zero-order valence-corrected chi connectivity index (χ0v) is 13.4. The maximum atomic E-state index is 11.4. The lowest BCUT2D eigenvalue weighted by Crippen LogP contribution is -2.09. The van der Waals surface area contributed by atoms with Gasteiger partial charge in [0.2, 0.25) is 0 Å². The number of H-pyrrole nitrogens is 1. The highest BCUT2D eigenvalue weighted by Gasteiger charge is 2.12. The van der Waals surface area contributed by atoms with Gasteiger partial charge in [-0.2, -0.15) is 0 Å². The number of nitrogen functional groups attached to an aromatic ring is 1. The highest BCUT2D eigenvalue weighted by Crippen LogP contribution is 2.34. The number of anilines is 2. The van der Waals surface area contributed by atoms with Crippen molar-refractivity contribution in [3.8, 4) is 0 Å². The van der Waals surface area contributed by atoms with Crippen LogP contribution in [0.5, 0.6) is 0 Å². The van der Waals surface area contributed by atoms with Gasteiger partial charge in [0.25, 0.3) is 5.56 Å². The van der Waals surface area contributed by atoms with Crippen molar-refractivity contribution in [2.45, 2.75) is 23.5 Å². The van der Waals surface area contributed by atoms with E-state index in [9.17, 15) is 4.79 Å². The Hall–Kier alpha value is -1.44. The quantitative estimate of drug-likeness (QED) is 0.720. The number of aromatic amines is 1. The number of rotatable bonds is 5. The van der Waals surface area contributed by atoms with E-state index < -0.39 is 0 Å². The maximum Gasteiger partial charge on any atom is 0.253 e. The van der Waals surface area contributed by atoms with Gasteiger partial charge in [-0.3, -0.25) is 4.79 Å². The van der Waals surface area contributed by atoms with Gasteiger partial charge in [0.05, 0.1) is 10.0 Å². The van der Waals surface area contributed by atoms with E-state index in [0.717, 1.165) is 24.7 Å². The molecule has 2 heterocycles. The van der Waals surface area contributed by atoms with Crippen molar-refractivity contribution in [3.63, 3.8) is 0 Å². The first kappa shape index (κ1) is 15.9. The molecule has 2 aromatic heterocycles. The van der Waals surface area contributed by atoms with Gasteiger partial charge in [-0.15, -0.1) is 0 Å². The van der Waals surface area contributed by atoms with Crippen LogP contribution in [0.1, 0.15) is 13.3 Å². The largest absolute Gasteiger partial charge is 0.383 e. The molecule has 0 fully saturated rings. The van der Waals surface area contributed by atoms with Crippen molar-refractivity contribution in [3.05, 3.63) is 32.5 Å². The summed E-state index contributed by atoms with van der Waals surface area (Å²) in [5, 5.41) is 4.71. The van der Waals surface area contributed by atoms with E-state index in [1.165, 1.54) is 6.07 Å². The van der Waals surface area contributed by atoms with Crippen LogP contribution in [-0.4, -0.2) is 21.5 Å². The second kappa shape index (κ2) is 7.02. The number of hydrogen-bond acceptors (Lipinski definition) is 6. The molecule has 6 nitrogen and oxygen atoms in total. The first-order chi connectivity index (χ1) is 9.99. The first-order valence-corrected chi connectivity index (χ1v) is 7.71. The number of nitrogens with zero attached hydrogens (tertiary/aromatic N) is 2. The normalized spacial score (nSPS) is 10.6. The molecular weight excluding hydrogens is 333 g/mol. The average Bonchev–Trinajstić information content (AvgIpc) is 2.39. The summed E-state index contributed by atoms with van der Waals surface area (Å²) in [7, 11) is 0. The van der Waals surface area contributed by atoms with Gasteiger partial charge in [-0.1, -0.05) is 30.1 Å². The SMILES string of the molecule is CCCNc1nc(Sc2nc(N)cc(=O)[nH]2)c(Cl)cc1Cl. The highest BCUT2D eigenvalue weighted by molar-refractivity contribution is 7.99.